The summed E-state index contributed by atoms with van der Waals surface area (Å²) >= 11 is 1.36. The van der Waals surface area contributed by atoms with E-state index in [1.54, 1.807) is 29.8 Å². The number of hydrogen-bond donors (Lipinski definition) is 1. The normalized spacial score (nSPS) is 16.6. The predicted octanol–water partition coefficient (Wildman–Crippen LogP) is 2.11. The average Bonchev–Trinajstić information content (AvgIpc) is 3.40. The monoisotopic (exact) mass is 382 g/mol. The van der Waals surface area contributed by atoms with E-state index in [9.17, 15) is 9.59 Å². The van der Waals surface area contributed by atoms with Crippen LogP contribution in [0.4, 0.5) is 0 Å². The van der Waals surface area contributed by atoms with Crippen molar-refractivity contribution in [2.24, 2.45) is 5.73 Å². The third-order valence-corrected chi connectivity index (χ3v) is 5.88. The second kappa shape index (κ2) is 6.92. The lowest BCUT2D eigenvalue weighted by atomic mass is 10.1. The van der Waals surface area contributed by atoms with Crippen LogP contribution in [0.2, 0.25) is 0 Å². The Morgan fingerprint density at radius 2 is 2.11 bits per heavy atom. The van der Waals surface area contributed by atoms with Crippen molar-refractivity contribution in [3.05, 3.63) is 57.5 Å². The van der Waals surface area contributed by atoms with E-state index in [1.165, 1.54) is 11.3 Å². The first kappa shape index (κ1) is 17.3. The van der Waals surface area contributed by atoms with Gasteiger partial charge in [-0.25, -0.2) is 0 Å². The van der Waals surface area contributed by atoms with E-state index in [0.717, 1.165) is 23.4 Å². The fraction of sp³-hybridized carbons (Fsp3) is 0.278. The van der Waals surface area contributed by atoms with Gasteiger partial charge in [0.05, 0.1) is 16.6 Å². The van der Waals surface area contributed by atoms with Crippen LogP contribution >= 0.6 is 11.3 Å². The molecule has 3 aromatic rings. The maximum Gasteiger partial charge on any atom is 0.258 e. The summed E-state index contributed by atoms with van der Waals surface area (Å²) in [6.07, 6.45) is 1.79. The van der Waals surface area contributed by atoms with Crippen molar-refractivity contribution in [3.63, 3.8) is 0 Å². The molecule has 2 aromatic heterocycles. The maximum atomic E-state index is 13.2. The lowest BCUT2D eigenvalue weighted by Gasteiger charge is -2.24. The van der Waals surface area contributed by atoms with Gasteiger partial charge in [-0.15, -0.1) is 16.4 Å². The molecule has 9 heteroatoms. The number of likely N-dealkylation sites (tertiary alicyclic amines) is 1. The molecule has 138 valence electrons. The van der Waals surface area contributed by atoms with Crippen molar-refractivity contribution in [1.82, 2.24) is 25.1 Å². The number of benzene rings is 1. The van der Waals surface area contributed by atoms with Crippen LogP contribution in [0.25, 0.3) is 5.69 Å². The van der Waals surface area contributed by atoms with Gasteiger partial charge >= 0.3 is 0 Å². The molecule has 1 aromatic carbocycles. The number of primary amides is 1. The summed E-state index contributed by atoms with van der Waals surface area (Å²) < 4.78 is 1.59. The Kier molecular flexibility index (Phi) is 4.44. The third kappa shape index (κ3) is 3.21. The van der Waals surface area contributed by atoms with E-state index in [0.29, 0.717) is 22.8 Å². The Morgan fingerprint density at radius 3 is 2.81 bits per heavy atom. The van der Waals surface area contributed by atoms with E-state index in [-0.39, 0.29) is 11.9 Å². The summed E-state index contributed by atoms with van der Waals surface area (Å²) in [5.41, 5.74) is 6.69. The van der Waals surface area contributed by atoms with Crippen molar-refractivity contribution in [2.45, 2.75) is 25.8 Å². The zero-order valence-corrected chi connectivity index (χ0v) is 15.5. The van der Waals surface area contributed by atoms with E-state index in [2.05, 4.69) is 15.5 Å². The van der Waals surface area contributed by atoms with Gasteiger partial charge in [-0.1, -0.05) is 6.07 Å². The van der Waals surface area contributed by atoms with Crippen LogP contribution in [0.15, 0.2) is 36.4 Å². The van der Waals surface area contributed by atoms with Gasteiger partial charge in [-0.3, -0.25) is 9.59 Å². The van der Waals surface area contributed by atoms with Crippen LogP contribution in [-0.2, 0) is 0 Å². The smallest absolute Gasteiger partial charge is 0.258 e. The summed E-state index contributed by atoms with van der Waals surface area (Å²) in [7, 11) is 0. The predicted molar refractivity (Wildman–Crippen MR) is 99.7 cm³/mol. The minimum absolute atomic E-state index is 0.0333. The quantitative estimate of drug-likeness (QED) is 0.744. The van der Waals surface area contributed by atoms with E-state index < -0.39 is 5.91 Å². The molecule has 2 N–H and O–H groups in total. The lowest BCUT2D eigenvalue weighted by Crippen LogP contribution is -2.30. The van der Waals surface area contributed by atoms with Gasteiger partial charge in [-0.05, 0) is 60.5 Å². The Labute approximate surface area is 159 Å². The number of hydrogen-bond acceptors (Lipinski definition) is 6. The standard InChI is InChI=1S/C18H18N6O2S/c1-11-20-21-22-24(11)13-5-2-4-12(10-13)18(26)23-9-3-6-14(23)15-7-8-16(27-15)17(19)25/h2,4-5,7-8,10,14H,3,6,9H2,1H3,(H2,19,25)/t14-/m1/s1. The summed E-state index contributed by atoms with van der Waals surface area (Å²) in [5, 5.41) is 11.5. The van der Waals surface area contributed by atoms with Gasteiger partial charge in [0.1, 0.15) is 0 Å². The molecule has 8 nitrogen and oxygen atoms in total. The molecule has 1 fully saturated rings. The molecule has 0 radical (unpaired) electrons. The summed E-state index contributed by atoms with van der Waals surface area (Å²) in [6, 6.07) is 10.9. The lowest BCUT2D eigenvalue weighted by molar-refractivity contribution is 0.0737. The van der Waals surface area contributed by atoms with Crippen molar-refractivity contribution < 1.29 is 9.59 Å². The van der Waals surface area contributed by atoms with Crippen LogP contribution in [0.5, 0.6) is 0 Å². The second-order valence-corrected chi connectivity index (χ2v) is 7.53. The van der Waals surface area contributed by atoms with E-state index in [1.807, 2.05) is 23.1 Å². The highest BCUT2D eigenvalue weighted by atomic mass is 32.1. The molecule has 1 aliphatic heterocycles. The summed E-state index contributed by atoms with van der Waals surface area (Å²) in [6.45, 7) is 2.49. The molecule has 0 unspecified atom stereocenters. The van der Waals surface area contributed by atoms with Crippen LogP contribution in [0.1, 0.15) is 49.6 Å². The van der Waals surface area contributed by atoms with Gasteiger partial charge in [0.25, 0.3) is 11.8 Å². The molecule has 4 rings (SSSR count). The first-order chi connectivity index (χ1) is 13.0. The zero-order chi connectivity index (χ0) is 19.0. The molecule has 1 aliphatic rings. The Bertz CT molecular complexity index is 1010. The number of carbonyl (C=O) groups is 2. The van der Waals surface area contributed by atoms with Crippen LogP contribution in [0, 0.1) is 6.92 Å². The number of amides is 2. The number of thiophene rings is 1. The number of aromatic nitrogens is 4. The molecule has 0 spiro atoms. The van der Waals surface area contributed by atoms with Crippen molar-refractivity contribution >= 4 is 23.2 Å². The molecule has 0 aliphatic carbocycles. The minimum atomic E-state index is -0.438. The maximum absolute atomic E-state index is 13.2. The molecule has 3 heterocycles. The first-order valence-electron chi connectivity index (χ1n) is 8.60. The number of tetrazole rings is 1. The highest BCUT2D eigenvalue weighted by Gasteiger charge is 2.32. The summed E-state index contributed by atoms with van der Waals surface area (Å²) in [4.78, 5) is 27.9. The van der Waals surface area contributed by atoms with Crippen LogP contribution in [-0.4, -0.2) is 43.5 Å². The molecular weight excluding hydrogens is 364 g/mol. The van der Waals surface area contributed by atoms with Gasteiger partial charge in [0.2, 0.25) is 0 Å². The summed E-state index contributed by atoms with van der Waals surface area (Å²) in [5.74, 6) is 0.168. The molecule has 1 saturated heterocycles. The highest BCUT2D eigenvalue weighted by Crippen LogP contribution is 2.36. The topological polar surface area (TPSA) is 107 Å². The molecule has 2 amide bonds. The van der Waals surface area contributed by atoms with Crippen LogP contribution < -0.4 is 5.73 Å². The molecule has 0 saturated carbocycles. The van der Waals surface area contributed by atoms with Crippen molar-refractivity contribution in [1.29, 1.82) is 0 Å². The fourth-order valence-corrected chi connectivity index (χ4v) is 4.38. The van der Waals surface area contributed by atoms with Gasteiger partial charge in [-0.2, -0.15) is 4.68 Å². The zero-order valence-electron chi connectivity index (χ0n) is 14.7. The highest BCUT2D eigenvalue weighted by molar-refractivity contribution is 7.14. The largest absolute Gasteiger partial charge is 0.365 e. The number of nitrogens with two attached hydrogens (primary N) is 1. The number of rotatable bonds is 4. The minimum Gasteiger partial charge on any atom is -0.365 e. The second-order valence-electron chi connectivity index (χ2n) is 6.41. The molecule has 1 atom stereocenters. The van der Waals surface area contributed by atoms with Crippen LogP contribution in [0.3, 0.4) is 0 Å². The molecule has 27 heavy (non-hydrogen) atoms. The third-order valence-electron chi connectivity index (χ3n) is 4.67. The number of carbonyl (C=O) groups excluding carboxylic acids is 2. The SMILES string of the molecule is Cc1nnnn1-c1cccc(C(=O)N2CCC[C@@H]2c2ccc(C(N)=O)s2)c1. The van der Waals surface area contributed by atoms with Gasteiger partial charge in [0, 0.05) is 17.0 Å². The van der Waals surface area contributed by atoms with Crippen molar-refractivity contribution in [3.8, 4) is 5.69 Å². The Balaban J connectivity index is 1.62. The number of aryl methyl sites for hydroxylation is 1. The van der Waals surface area contributed by atoms with E-state index >= 15 is 0 Å². The fourth-order valence-electron chi connectivity index (χ4n) is 3.38. The van der Waals surface area contributed by atoms with Gasteiger partial charge < -0.3 is 10.6 Å². The van der Waals surface area contributed by atoms with E-state index in [4.69, 9.17) is 5.73 Å². The average molecular weight is 382 g/mol. The Hall–Kier alpha value is -3.07. The molecular formula is C18H18N6O2S. The van der Waals surface area contributed by atoms with Crippen molar-refractivity contribution in [2.75, 3.05) is 6.54 Å². The molecule has 0 bridgehead atoms. The number of nitrogens with zero attached hydrogens (tertiary/aromatic N) is 5. The first-order valence-corrected chi connectivity index (χ1v) is 9.42. The van der Waals surface area contributed by atoms with Gasteiger partial charge in [0.15, 0.2) is 5.82 Å². The Morgan fingerprint density at radius 1 is 1.26 bits per heavy atom.